The van der Waals surface area contributed by atoms with Crippen LogP contribution in [0.2, 0.25) is 0 Å². The average molecular weight is 290 g/mol. The summed E-state index contributed by atoms with van der Waals surface area (Å²) in [5.41, 5.74) is 1.02. The topological polar surface area (TPSA) is 74.8 Å². The molecule has 3 heterocycles. The smallest absolute Gasteiger partial charge is 0.317 e. The van der Waals surface area contributed by atoms with Crippen molar-refractivity contribution in [2.45, 2.75) is 12.5 Å². The number of rotatable bonds is 2. The van der Waals surface area contributed by atoms with E-state index in [2.05, 4.69) is 10.3 Å². The number of hydrogen-bond donors (Lipinski definition) is 1. The van der Waals surface area contributed by atoms with Crippen LogP contribution < -0.4 is 10.1 Å². The van der Waals surface area contributed by atoms with Crippen molar-refractivity contribution < 1.29 is 14.3 Å². The van der Waals surface area contributed by atoms with Gasteiger partial charge in [-0.25, -0.2) is 4.79 Å². The molecule has 1 aromatic rings. The van der Waals surface area contributed by atoms with Gasteiger partial charge in [-0.2, -0.15) is 0 Å². The highest BCUT2D eigenvalue weighted by molar-refractivity contribution is 5.98. The van der Waals surface area contributed by atoms with Gasteiger partial charge in [-0.3, -0.25) is 9.78 Å². The number of likely N-dealkylation sites (N-methyl/N-ethyl adjacent to an activating group) is 1. The molecule has 1 N–H and O–H groups in total. The first-order valence-corrected chi connectivity index (χ1v) is 6.78. The zero-order valence-electron chi connectivity index (χ0n) is 12.3. The summed E-state index contributed by atoms with van der Waals surface area (Å²) in [6, 6.07) is 1.65. The van der Waals surface area contributed by atoms with Crippen molar-refractivity contribution in [1.29, 1.82) is 0 Å². The molecule has 2 saturated heterocycles. The molecule has 1 spiro atoms. The van der Waals surface area contributed by atoms with Crippen LogP contribution in [0.4, 0.5) is 4.79 Å². The molecule has 2 aliphatic heterocycles. The maximum absolute atomic E-state index is 12.6. The van der Waals surface area contributed by atoms with Crippen molar-refractivity contribution in [3.8, 4) is 5.75 Å². The Hall–Kier alpha value is -2.31. The molecular weight excluding hydrogens is 272 g/mol. The number of ether oxygens (including phenoxy) is 1. The highest BCUT2D eigenvalue weighted by atomic mass is 16.5. The Labute approximate surface area is 122 Å². The molecule has 0 saturated carbocycles. The minimum absolute atomic E-state index is 0.0839. The lowest BCUT2D eigenvalue weighted by molar-refractivity contribution is 0.00754. The minimum Gasteiger partial charge on any atom is -0.494 e. The molecule has 0 unspecified atom stereocenters. The predicted octanol–water partition coefficient (Wildman–Crippen LogP) is 0.248. The summed E-state index contributed by atoms with van der Waals surface area (Å²) in [5.74, 6) is 0.385. The fourth-order valence-corrected chi connectivity index (χ4v) is 2.87. The molecule has 3 amide bonds. The van der Waals surface area contributed by atoms with Gasteiger partial charge in [0.25, 0.3) is 5.91 Å². The number of amides is 3. The number of hydrogen-bond acceptors (Lipinski definition) is 4. The number of aryl methyl sites for hydroxylation is 1. The lowest BCUT2D eigenvalue weighted by Crippen LogP contribution is -2.70. The summed E-state index contributed by atoms with van der Waals surface area (Å²) in [6.07, 6.45) is 1.56. The van der Waals surface area contributed by atoms with Gasteiger partial charge in [0.05, 0.1) is 24.4 Å². The van der Waals surface area contributed by atoms with Gasteiger partial charge >= 0.3 is 6.03 Å². The quantitative estimate of drug-likeness (QED) is 0.847. The van der Waals surface area contributed by atoms with Crippen molar-refractivity contribution in [3.63, 3.8) is 0 Å². The maximum Gasteiger partial charge on any atom is 0.317 e. The average Bonchev–Trinajstić information content (AvgIpc) is 2.73. The van der Waals surface area contributed by atoms with E-state index < -0.39 is 0 Å². The summed E-state index contributed by atoms with van der Waals surface area (Å²) < 4.78 is 5.21. The van der Waals surface area contributed by atoms with Crippen LogP contribution in [-0.2, 0) is 0 Å². The van der Waals surface area contributed by atoms with E-state index in [0.29, 0.717) is 30.9 Å². The van der Waals surface area contributed by atoms with Gasteiger partial charge in [0.15, 0.2) is 0 Å². The lowest BCUT2D eigenvalue weighted by Gasteiger charge is -2.50. The Kier molecular flexibility index (Phi) is 3.00. The third kappa shape index (κ3) is 2.00. The molecule has 0 radical (unpaired) electrons. The zero-order chi connectivity index (χ0) is 15.2. The molecule has 7 nitrogen and oxygen atoms in total. The summed E-state index contributed by atoms with van der Waals surface area (Å²) in [6.45, 7) is 3.48. The Morgan fingerprint density at radius 1 is 1.48 bits per heavy atom. The van der Waals surface area contributed by atoms with Crippen LogP contribution in [0.25, 0.3) is 0 Å². The second-order valence-corrected chi connectivity index (χ2v) is 5.63. The van der Waals surface area contributed by atoms with E-state index in [1.165, 1.54) is 7.11 Å². The number of nitrogens with zero attached hydrogens (tertiary/aromatic N) is 3. The molecule has 1 aromatic heterocycles. The van der Waals surface area contributed by atoms with Crippen LogP contribution in [0.1, 0.15) is 16.1 Å². The highest BCUT2D eigenvalue weighted by Crippen LogP contribution is 2.32. The number of urea groups is 1. The van der Waals surface area contributed by atoms with Crippen LogP contribution >= 0.6 is 0 Å². The van der Waals surface area contributed by atoms with Crippen molar-refractivity contribution in [1.82, 2.24) is 20.1 Å². The fraction of sp³-hybridized carbons (Fsp3) is 0.500. The molecule has 3 rings (SSSR count). The molecular formula is C14H18N4O3. The van der Waals surface area contributed by atoms with Crippen molar-refractivity contribution >= 4 is 11.9 Å². The largest absolute Gasteiger partial charge is 0.494 e. The predicted molar refractivity (Wildman–Crippen MR) is 75.3 cm³/mol. The zero-order valence-corrected chi connectivity index (χ0v) is 12.3. The van der Waals surface area contributed by atoms with E-state index >= 15 is 0 Å². The Morgan fingerprint density at radius 2 is 2.19 bits per heavy atom. The van der Waals surface area contributed by atoms with Crippen LogP contribution in [0.3, 0.4) is 0 Å². The number of pyridine rings is 1. The van der Waals surface area contributed by atoms with Crippen LogP contribution in [-0.4, -0.2) is 66.1 Å². The molecule has 0 aliphatic carbocycles. The van der Waals surface area contributed by atoms with E-state index in [0.717, 1.165) is 5.69 Å². The maximum atomic E-state index is 12.6. The molecule has 2 aliphatic rings. The Balaban J connectivity index is 1.77. The second kappa shape index (κ2) is 4.61. The summed E-state index contributed by atoms with van der Waals surface area (Å²) in [4.78, 5) is 31.7. The summed E-state index contributed by atoms with van der Waals surface area (Å²) in [7, 11) is 3.29. The third-order valence-electron chi connectivity index (χ3n) is 4.30. The van der Waals surface area contributed by atoms with Gasteiger partial charge in [-0.05, 0) is 13.0 Å². The normalized spacial score (nSPS) is 19.5. The van der Waals surface area contributed by atoms with E-state index in [4.69, 9.17) is 4.74 Å². The SMILES string of the molecule is COc1cnc(C)cc1C(=O)N1CC2(CNC(=O)N2C)C1. The number of nitrogens with one attached hydrogen (secondary N) is 1. The highest BCUT2D eigenvalue weighted by Gasteiger charge is 2.53. The molecule has 0 aromatic carbocycles. The van der Waals surface area contributed by atoms with Crippen molar-refractivity contribution in [3.05, 3.63) is 23.5 Å². The molecule has 0 bridgehead atoms. The molecule has 112 valence electrons. The monoisotopic (exact) mass is 290 g/mol. The number of methoxy groups -OCH3 is 1. The van der Waals surface area contributed by atoms with Crippen LogP contribution in [0, 0.1) is 6.92 Å². The van der Waals surface area contributed by atoms with Crippen LogP contribution in [0.15, 0.2) is 12.3 Å². The van der Waals surface area contributed by atoms with Gasteiger partial charge in [0, 0.05) is 32.4 Å². The second-order valence-electron chi connectivity index (χ2n) is 5.63. The third-order valence-corrected chi connectivity index (χ3v) is 4.30. The first-order chi connectivity index (χ1) is 9.97. The van der Waals surface area contributed by atoms with Gasteiger partial charge in [0.1, 0.15) is 5.75 Å². The molecule has 2 fully saturated rings. The van der Waals surface area contributed by atoms with E-state index in [1.807, 2.05) is 6.92 Å². The molecule has 21 heavy (non-hydrogen) atoms. The van der Waals surface area contributed by atoms with E-state index in [9.17, 15) is 9.59 Å². The molecule has 7 heteroatoms. The molecule has 0 atom stereocenters. The first-order valence-electron chi connectivity index (χ1n) is 6.78. The Bertz CT molecular complexity index is 610. The summed E-state index contributed by atoms with van der Waals surface area (Å²) >= 11 is 0. The van der Waals surface area contributed by atoms with Gasteiger partial charge < -0.3 is 19.9 Å². The van der Waals surface area contributed by atoms with Crippen molar-refractivity contribution in [2.75, 3.05) is 33.8 Å². The number of likely N-dealkylation sites (tertiary alicyclic amines) is 1. The number of aromatic nitrogens is 1. The van der Waals surface area contributed by atoms with Gasteiger partial charge in [0.2, 0.25) is 0 Å². The number of carbonyl (C=O) groups excluding carboxylic acids is 2. The van der Waals surface area contributed by atoms with E-state index in [-0.39, 0.29) is 17.5 Å². The fourth-order valence-electron chi connectivity index (χ4n) is 2.87. The van der Waals surface area contributed by atoms with Gasteiger partial charge in [-0.1, -0.05) is 0 Å². The first kappa shape index (κ1) is 13.7. The summed E-state index contributed by atoms with van der Waals surface area (Å²) in [5, 5.41) is 2.81. The lowest BCUT2D eigenvalue weighted by atomic mass is 9.89. The van der Waals surface area contributed by atoms with Crippen LogP contribution in [0.5, 0.6) is 5.75 Å². The number of carbonyl (C=O) groups is 2. The standard InChI is InChI=1S/C14H18N4O3/c1-9-4-10(11(21-3)5-15-9)12(19)18-7-14(8-18)6-16-13(20)17(14)2/h4-5H,6-8H2,1-3H3,(H,16,20). The minimum atomic E-state index is -0.262. The van der Waals surface area contributed by atoms with Gasteiger partial charge in [-0.15, -0.1) is 0 Å². The van der Waals surface area contributed by atoms with Crippen molar-refractivity contribution in [2.24, 2.45) is 0 Å². The van der Waals surface area contributed by atoms with E-state index in [1.54, 1.807) is 29.1 Å². The Morgan fingerprint density at radius 3 is 2.76 bits per heavy atom.